The molecule has 0 unspecified atom stereocenters. The normalized spacial score (nSPS) is 9.04. The van der Waals surface area contributed by atoms with Gasteiger partial charge in [0, 0.05) is 11.9 Å². The number of hydrogen-bond donors (Lipinski definition) is 0. The Bertz CT molecular complexity index is 517. The summed E-state index contributed by atoms with van der Waals surface area (Å²) >= 11 is 0. The topological polar surface area (TPSA) is 80.3 Å². The van der Waals surface area contributed by atoms with Gasteiger partial charge in [0.2, 0.25) is 0 Å². The number of rotatable bonds is 6. The Morgan fingerprint density at radius 1 is 0.652 bits per heavy atom. The fourth-order valence-electron chi connectivity index (χ4n) is 1.78. The van der Waals surface area contributed by atoms with Crippen molar-refractivity contribution in [3.05, 3.63) is 71.8 Å². The first-order chi connectivity index (χ1) is 10.6. The molecule has 0 fully saturated rings. The number of aliphatic carboxylic acids is 2. The van der Waals surface area contributed by atoms with Gasteiger partial charge in [-0.05, 0) is 36.8 Å². The second-order valence-corrected chi connectivity index (χ2v) is 4.72. The van der Waals surface area contributed by atoms with E-state index in [4.69, 9.17) is 0 Å². The van der Waals surface area contributed by atoms with E-state index >= 15 is 0 Å². The molecule has 0 bridgehead atoms. The molecule has 0 N–H and O–H groups in total. The van der Waals surface area contributed by atoms with E-state index in [9.17, 15) is 19.8 Å². The van der Waals surface area contributed by atoms with Crippen molar-refractivity contribution in [2.75, 3.05) is 0 Å². The summed E-state index contributed by atoms with van der Waals surface area (Å²) in [5.74, 6) is -1.98. The fourth-order valence-corrected chi connectivity index (χ4v) is 1.78. The van der Waals surface area contributed by atoms with Gasteiger partial charge in [-0.2, -0.15) is 0 Å². The van der Waals surface area contributed by atoms with Gasteiger partial charge in [0.15, 0.2) is 0 Å². The van der Waals surface area contributed by atoms with Gasteiger partial charge in [0.25, 0.3) is 0 Å². The number of carbonyl (C=O) groups is 2. The van der Waals surface area contributed by atoms with Gasteiger partial charge in [-0.25, -0.2) is 0 Å². The zero-order chi connectivity index (χ0) is 16.2. The predicted molar refractivity (Wildman–Crippen MR) is 79.5 cm³/mol. The van der Waals surface area contributed by atoms with Gasteiger partial charge in [0.1, 0.15) is 0 Å². The van der Waals surface area contributed by atoms with Crippen LogP contribution in [0.25, 0.3) is 0 Å². The largest absolute Gasteiger partial charge is 2.00 e. The molecule has 0 saturated carbocycles. The molecule has 2 aromatic carbocycles. The molecule has 4 nitrogen and oxygen atoms in total. The molecular weight excluding hydrogens is 346 g/mol. The number of hydrogen-bond acceptors (Lipinski definition) is 4. The maximum Gasteiger partial charge on any atom is 2.00 e. The van der Waals surface area contributed by atoms with Crippen LogP contribution in [-0.4, -0.2) is 11.9 Å². The van der Waals surface area contributed by atoms with E-state index in [1.54, 1.807) is 0 Å². The molecule has 0 spiro atoms. The molecule has 2 rings (SSSR count). The fraction of sp³-hybridized carbons (Fsp3) is 0.222. The number of aryl methyl sites for hydroxylation is 2. The Balaban J connectivity index is 0.000000403. The average molecular weight is 364 g/mol. The molecule has 0 aromatic heterocycles. The predicted octanol–water partition coefficient (Wildman–Crippen LogP) is 0.736. The van der Waals surface area contributed by atoms with Crippen molar-refractivity contribution >= 4 is 11.9 Å². The summed E-state index contributed by atoms with van der Waals surface area (Å²) in [6.07, 6.45) is 1.32. The molecule has 0 atom stereocenters. The van der Waals surface area contributed by atoms with Crippen LogP contribution in [-0.2, 0) is 41.9 Å². The van der Waals surface area contributed by atoms with Crippen molar-refractivity contribution in [3.63, 3.8) is 0 Å². The summed E-state index contributed by atoms with van der Waals surface area (Å²) in [4.78, 5) is 20.1. The Morgan fingerprint density at radius 3 is 1.22 bits per heavy atom. The molecule has 116 valence electrons. The van der Waals surface area contributed by atoms with Gasteiger partial charge >= 0.3 is 19.5 Å². The van der Waals surface area contributed by atoms with Crippen LogP contribution in [0.2, 0.25) is 0 Å². The van der Waals surface area contributed by atoms with Gasteiger partial charge in [0.05, 0.1) is 0 Å². The molecule has 0 aliphatic rings. The van der Waals surface area contributed by atoms with Gasteiger partial charge in [-0.1, -0.05) is 60.7 Å². The molecular formula is C18H18O4Zn. The van der Waals surface area contributed by atoms with E-state index in [0.717, 1.165) is 11.1 Å². The van der Waals surface area contributed by atoms with Crippen LogP contribution in [0.15, 0.2) is 60.7 Å². The first-order valence-corrected chi connectivity index (χ1v) is 7.05. The van der Waals surface area contributed by atoms with E-state index < -0.39 is 11.9 Å². The van der Waals surface area contributed by atoms with Crippen LogP contribution in [0.3, 0.4) is 0 Å². The molecule has 0 saturated heterocycles. The number of carboxylic acid groups (broad SMARTS) is 2. The average Bonchev–Trinajstić information content (AvgIpc) is 2.53. The molecule has 23 heavy (non-hydrogen) atoms. The summed E-state index contributed by atoms with van der Waals surface area (Å²) in [5.41, 5.74) is 2.08. The first kappa shape index (κ1) is 21.0. The Labute approximate surface area is 148 Å². The summed E-state index contributed by atoms with van der Waals surface area (Å²) < 4.78 is 0. The summed E-state index contributed by atoms with van der Waals surface area (Å²) in [7, 11) is 0. The Morgan fingerprint density at radius 2 is 0.957 bits per heavy atom. The van der Waals surface area contributed by atoms with Gasteiger partial charge in [-0.15, -0.1) is 0 Å². The monoisotopic (exact) mass is 362 g/mol. The summed E-state index contributed by atoms with van der Waals surface area (Å²) in [6, 6.07) is 19.0. The minimum absolute atomic E-state index is 0. The van der Waals surface area contributed by atoms with Crippen LogP contribution in [0.4, 0.5) is 0 Å². The van der Waals surface area contributed by atoms with E-state index in [0.29, 0.717) is 12.8 Å². The minimum atomic E-state index is -0.992. The second kappa shape index (κ2) is 12.5. The number of carboxylic acids is 2. The first-order valence-electron chi connectivity index (χ1n) is 7.05. The van der Waals surface area contributed by atoms with Crippen LogP contribution in [0.5, 0.6) is 0 Å². The van der Waals surface area contributed by atoms with Crippen molar-refractivity contribution < 1.29 is 39.3 Å². The number of carbonyl (C=O) groups excluding carboxylic acids is 2. The third-order valence-corrected chi connectivity index (χ3v) is 2.92. The molecule has 0 aliphatic heterocycles. The Hall–Kier alpha value is -2.00. The third kappa shape index (κ3) is 11.3. The van der Waals surface area contributed by atoms with Crippen molar-refractivity contribution in [3.8, 4) is 0 Å². The standard InChI is InChI=1S/2C9H10O2.Zn/c2*10-9(11)7-6-8-4-2-1-3-5-8;/h2*1-5H,6-7H2,(H,10,11);/q;;+2/p-2. The van der Waals surface area contributed by atoms with Gasteiger partial charge < -0.3 is 19.8 Å². The summed E-state index contributed by atoms with van der Waals surface area (Å²) in [6.45, 7) is 0. The van der Waals surface area contributed by atoms with Crippen LogP contribution < -0.4 is 10.2 Å². The SMILES string of the molecule is O=C([O-])CCc1ccccc1.O=C([O-])CCc1ccccc1.[Zn+2]. The molecule has 0 aliphatic carbocycles. The van der Waals surface area contributed by atoms with Crippen LogP contribution in [0.1, 0.15) is 24.0 Å². The molecule has 2 aromatic rings. The molecule has 0 amide bonds. The van der Waals surface area contributed by atoms with Crippen LogP contribution in [0, 0.1) is 0 Å². The Kier molecular flexibility index (Phi) is 11.4. The zero-order valence-electron chi connectivity index (χ0n) is 12.9. The summed E-state index contributed by atoms with van der Waals surface area (Å²) in [5, 5.41) is 20.1. The zero-order valence-corrected chi connectivity index (χ0v) is 15.9. The van der Waals surface area contributed by atoms with E-state index in [1.165, 1.54) is 0 Å². The van der Waals surface area contributed by atoms with Crippen molar-refractivity contribution in [2.45, 2.75) is 25.7 Å². The maximum absolute atomic E-state index is 10.1. The van der Waals surface area contributed by atoms with E-state index in [1.807, 2.05) is 60.7 Å². The van der Waals surface area contributed by atoms with Gasteiger partial charge in [-0.3, -0.25) is 0 Å². The van der Waals surface area contributed by atoms with E-state index in [2.05, 4.69) is 0 Å². The van der Waals surface area contributed by atoms with Crippen LogP contribution >= 0.6 is 0 Å². The smallest absolute Gasteiger partial charge is 0.550 e. The maximum atomic E-state index is 10.1. The quantitative estimate of drug-likeness (QED) is 0.709. The third-order valence-electron chi connectivity index (χ3n) is 2.92. The van der Waals surface area contributed by atoms with Crippen molar-refractivity contribution in [2.24, 2.45) is 0 Å². The molecule has 0 heterocycles. The van der Waals surface area contributed by atoms with E-state index in [-0.39, 0.29) is 32.3 Å². The van der Waals surface area contributed by atoms with Crippen molar-refractivity contribution in [1.82, 2.24) is 0 Å². The molecule has 0 radical (unpaired) electrons. The molecule has 5 heteroatoms. The minimum Gasteiger partial charge on any atom is -0.550 e. The second-order valence-electron chi connectivity index (χ2n) is 4.72. The van der Waals surface area contributed by atoms with Crippen molar-refractivity contribution in [1.29, 1.82) is 0 Å². The number of benzene rings is 2.